The Morgan fingerprint density at radius 1 is 1.09 bits per heavy atom. The molecule has 3 aromatic carbocycles. The summed E-state index contributed by atoms with van der Waals surface area (Å²) in [5.74, 6) is 0.894. The van der Waals surface area contributed by atoms with E-state index < -0.39 is 11.9 Å². The Labute approximate surface area is 197 Å². The molecule has 0 bridgehead atoms. The number of carbonyl (C=O) groups excluding carboxylic acids is 1. The van der Waals surface area contributed by atoms with Crippen LogP contribution in [0.5, 0.6) is 23.0 Å². The highest BCUT2D eigenvalue weighted by atomic mass is 16.5. The quantitative estimate of drug-likeness (QED) is 0.418. The molecule has 0 aromatic heterocycles. The lowest BCUT2D eigenvalue weighted by Gasteiger charge is -2.27. The van der Waals surface area contributed by atoms with Crippen LogP contribution < -0.4 is 24.7 Å². The first-order chi connectivity index (χ1) is 16.4. The molecule has 1 aliphatic rings. The van der Waals surface area contributed by atoms with E-state index in [1.165, 1.54) is 0 Å². The molecule has 7 heteroatoms. The van der Waals surface area contributed by atoms with Crippen molar-refractivity contribution >= 4 is 5.97 Å². The molecule has 0 saturated carbocycles. The summed E-state index contributed by atoms with van der Waals surface area (Å²) < 4.78 is 22.4. The van der Waals surface area contributed by atoms with Crippen LogP contribution in [0.1, 0.15) is 39.9 Å². The number of benzene rings is 3. The number of ether oxygens (including phenoxy) is 4. The van der Waals surface area contributed by atoms with E-state index in [1.807, 2.05) is 38.1 Å². The van der Waals surface area contributed by atoms with Gasteiger partial charge >= 0.3 is 5.97 Å². The number of aryl methyl sites for hydroxylation is 1. The first-order valence-corrected chi connectivity index (χ1v) is 10.8. The number of nitrogens with zero attached hydrogens (tertiary/aromatic N) is 1. The fraction of sp³-hybridized carbons (Fsp3) is 0.185. The summed E-state index contributed by atoms with van der Waals surface area (Å²) in [6.07, 6.45) is 0. The molecule has 1 unspecified atom stereocenters. The van der Waals surface area contributed by atoms with E-state index in [2.05, 4.69) is 6.07 Å². The van der Waals surface area contributed by atoms with Gasteiger partial charge in [0.2, 0.25) is 5.88 Å². The third-order valence-corrected chi connectivity index (χ3v) is 5.51. The highest BCUT2D eigenvalue weighted by Crippen LogP contribution is 2.45. The van der Waals surface area contributed by atoms with Gasteiger partial charge in [0.05, 0.1) is 25.2 Å². The predicted molar refractivity (Wildman–Crippen MR) is 126 cm³/mol. The van der Waals surface area contributed by atoms with E-state index in [0.717, 1.165) is 11.1 Å². The Bertz CT molecular complexity index is 1310. The van der Waals surface area contributed by atoms with Crippen molar-refractivity contribution in [2.75, 3.05) is 13.7 Å². The highest BCUT2D eigenvalue weighted by molar-refractivity contribution is 5.91. The van der Waals surface area contributed by atoms with Crippen LogP contribution in [-0.4, -0.2) is 19.7 Å². The van der Waals surface area contributed by atoms with Crippen molar-refractivity contribution in [1.82, 2.24) is 0 Å². The molecule has 0 aliphatic carbocycles. The van der Waals surface area contributed by atoms with E-state index in [0.29, 0.717) is 40.7 Å². The zero-order chi connectivity index (χ0) is 24.2. The lowest BCUT2D eigenvalue weighted by atomic mass is 9.83. The second kappa shape index (κ2) is 9.59. The Morgan fingerprint density at radius 2 is 1.85 bits per heavy atom. The van der Waals surface area contributed by atoms with Crippen LogP contribution in [-0.2, 0) is 0 Å². The van der Waals surface area contributed by atoms with Gasteiger partial charge in [-0.25, -0.2) is 4.79 Å². The lowest BCUT2D eigenvalue weighted by molar-refractivity contribution is 0.0734. The Morgan fingerprint density at radius 3 is 2.53 bits per heavy atom. The summed E-state index contributed by atoms with van der Waals surface area (Å²) in [6, 6.07) is 19.8. The molecule has 2 N–H and O–H groups in total. The largest absolute Gasteiger partial charge is 0.493 e. The molecule has 1 atom stereocenters. The minimum Gasteiger partial charge on any atom is -0.493 e. The topological polar surface area (TPSA) is 104 Å². The van der Waals surface area contributed by atoms with Crippen molar-refractivity contribution in [3.8, 4) is 29.1 Å². The Balaban J connectivity index is 1.70. The Hall–Kier alpha value is -4.44. The molecule has 3 aromatic rings. The lowest BCUT2D eigenvalue weighted by Crippen LogP contribution is -2.21. The van der Waals surface area contributed by atoms with Crippen LogP contribution >= 0.6 is 0 Å². The van der Waals surface area contributed by atoms with E-state index in [1.54, 1.807) is 43.5 Å². The fourth-order valence-corrected chi connectivity index (χ4v) is 3.84. The van der Waals surface area contributed by atoms with E-state index in [9.17, 15) is 10.1 Å². The molecule has 0 fully saturated rings. The summed E-state index contributed by atoms with van der Waals surface area (Å²) in [7, 11) is 1.56. The van der Waals surface area contributed by atoms with E-state index in [-0.39, 0.29) is 11.5 Å². The minimum atomic E-state index is -0.486. The van der Waals surface area contributed by atoms with Gasteiger partial charge in [-0.15, -0.1) is 0 Å². The van der Waals surface area contributed by atoms with Gasteiger partial charge in [0.25, 0.3) is 0 Å². The van der Waals surface area contributed by atoms with Gasteiger partial charge in [-0.1, -0.05) is 29.8 Å². The third-order valence-electron chi connectivity index (χ3n) is 5.51. The molecule has 34 heavy (non-hydrogen) atoms. The second-order valence-electron chi connectivity index (χ2n) is 7.72. The zero-order valence-corrected chi connectivity index (χ0v) is 19.1. The number of rotatable bonds is 6. The van der Waals surface area contributed by atoms with Crippen molar-refractivity contribution in [2.45, 2.75) is 19.8 Å². The maximum Gasteiger partial charge on any atom is 0.343 e. The number of carbonyl (C=O) groups is 1. The maximum absolute atomic E-state index is 12.5. The van der Waals surface area contributed by atoms with Gasteiger partial charge in [-0.05, 0) is 49.7 Å². The summed E-state index contributed by atoms with van der Waals surface area (Å²) in [4.78, 5) is 12.5. The average molecular weight is 456 g/mol. The van der Waals surface area contributed by atoms with Crippen LogP contribution in [0.4, 0.5) is 0 Å². The number of esters is 1. The first-order valence-electron chi connectivity index (χ1n) is 10.8. The van der Waals surface area contributed by atoms with Gasteiger partial charge in [-0.3, -0.25) is 0 Å². The molecule has 0 amide bonds. The monoisotopic (exact) mass is 456 g/mol. The summed E-state index contributed by atoms with van der Waals surface area (Å²) >= 11 is 0. The van der Waals surface area contributed by atoms with Gasteiger partial charge in [-0.2, -0.15) is 5.26 Å². The first kappa shape index (κ1) is 22.7. The molecular formula is C27H24N2O5. The van der Waals surface area contributed by atoms with Crippen molar-refractivity contribution in [3.63, 3.8) is 0 Å². The number of hydrogen-bond acceptors (Lipinski definition) is 7. The standard InChI is InChI=1S/C27H24N2O5/c1-4-32-22-12-9-18(13-24(22)31-3)25-20-11-10-19(14-23(20)34-26(29)21(25)15-28)33-27(30)17-7-5-16(2)6-8-17/h5-14,25H,4,29H2,1-3H3. The number of allylic oxidation sites excluding steroid dienone is 1. The maximum atomic E-state index is 12.5. The van der Waals surface area contributed by atoms with E-state index >= 15 is 0 Å². The van der Waals surface area contributed by atoms with Crippen LogP contribution in [0.3, 0.4) is 0 Å². The molecular weight excluding hydrogens is 432 g/mol. The highest BCUT2D eigenvalue weighted by Gasteiger charge is 2.31. The van der Waals surface area contributed by atoms with Gasteiger partial charge in [0.15, 0.2) is 11.5 Å². The van der Waals surface area contributed by atoms with Crippen molar-refractivity contribution in [2.24, 2.45) is 5.73 Å². The molecule has 172 valence electrons. The van der Waals surface area contributed by atoms with Crippen LogP contribution in [0.2, 0.25) is 0 Å². The molecule has 0 spiro atoms. The molecule has 1 heterocycles. The summed E-state index contributed by atoms with van der Waals surface area (Å²) in [5, 5.41) is 9.81. The number of nitrogens with two attached hydrogens (primary N) is 1. The van der Waals surface area contributed by atoms with Gasteiger partial charge < -0.3 is 24.7 Å². The third kappa shape index (κ3) is 4.39. The second-order valence-corrected chi connectivity index (χ2v) is 7.72. The normalized spacial score (nSPS) is 14.5. The van der Waals surface area contributed by atoms with Crippen LogP contribution in [0, 0.1) is 18.3 Å². The van der Waals surface area contributed by atoms with Crippen LogP contribution in [0.15, 0.2) is 72.1 Å². The SMILES string of the molecule is CCOc1ccc(C2C(C#N)=C(N)Oc3cc(OC(=O)c4ccc(C)cc4)ccc32)cc1OC. The average Bonchev–Trinajstić information content (AvgIpc) is 2.84. The molecule has 0 radical (unpaired) electrons. The summed E-state index contributed by atoms with van der Waals surface area (Å²) in [5.41, 5.74) is 9.38. The zero-order valence-electron chi connectivity index (χ0n) is 19.1. The van der Waals surface area contributed by atoms with Crippen molar-refractivity contribution < 1.29 is 23.7 Å². The molecule has 1 aliphatic heterocycles. The van der Waals surface area contributed by atoms with Crippen molar-refractivity contribution in [3.05, 3.63) is 94.4 Å². The molecule has 0 saturated heterocycles. The smallest absolute Gasteiger partial charge is 0.343 e. The molecule has 4 rings (SSSR count). The van der Waals surface area contributed by atoms with Crippen LogP contribution in [0.25, 0.3) is 0 Å². The van der Waals surface area contributed by atoms with E-state index in [4.69, 9.17) is 24.7 Å². The van der Waals surface area contributed by atoms with Gasteiger partial charge in [0, 0.05) is 11.6 Å². The number of methoxy groups -OCH3 is 1. The van der Waals surface area contributed by atoms with Gasteiger partial charge in [0.1, 0.15) is 23.1 Å². The minimum absolute atomic E-state index is 0.00476. The number of nitriles is 1. The fourth-order valence-electron chi connectivity index (χ4n) is 3.84. The molecule has 7 nitrogen and oxygen atoms in total. The predicted octanol–water partition coefficient (Wildman–Crippen LogP) is 4.84. The number of fused-ring (bicyclic) bond motifs is 1. The Kier molecular flexibility index (Phi) is 6.42. The summed E-state index contributed by atoms with van der Waals surface area (Å²) in [6.45, 7) is 4.33. The van der Waals surface area contributed by atoms with Crippen molar-refractivity contribution in [1.29, 1.82) is 5.26 Å². The number of hydrogen-bond donors (Lipinski definition) is 1.